The predicted octanol–water partition coefficient (Wildman–Crippen LogP) is 5.31. The van der Waals surface area contributed by atoms with E-state index in [-0.39, 0.29) is 5.91 Å². The number of hydrogen-bond acceptors (Lipinski definition) is 6. The number of aromatic nitrogens is 1. The van der Waals surface area contributed by atoms with Crippen LogP contribution in [0.5, 0.6) is 17.2 Å². The fourth-order valence-electron chi connectivity index (χ4n) is 2.93. The molecule has 1 amide bonds. The number of nitrogens with zero attached hydrogens (tertiary/aromatic N) is 1. The van der Waals surface area contributed by atoms with E-state index >= 15 is 0 Å². The number of carbonyl (C=O) groups excluding carboxylic acids is 1. The number of aryl methyl sites for hydroxylation is 1. The van der Waals surface area contributed by atoms with Crippen LogP contribution in [0.2, 0.25) is 0 Å². The maximum atomic E-state index is 12.9. The van der Waals surface area contributed by atoms with Gasteiger partial charge in [0, 0.05) is 5.56 Å². The van der Waals surface area contributed by atoms with Crippen LogP contribution in [-0.2, 0) is 6.42 Å². The summed E-state index contributed by atoms with van der Waals surface area (Å²) in [6, 6.07) is 9.50. The van der Waals surface area contributed by atoms with Crippen LogP contribution in [0.4, 0.5) is 5.13 Å². The third-order valence-electron chi connectivity index (χ3n) is 4.25. The average molecular weight is 415 g/mol. The van der Waals surface area contributed by atoms with E-state index in [1.54, 1.807) is 12.1 Å². The highest BCUT2D eigenvalue weighted by molar-refractivity contribution is 7.22. The number of anilines is 1. The number of benzene rings is 2. The summed E-state index contributed by atoms with van der Waals surface area (Å²) in [5.74, 6) is 1.22. The zero-order valence-corrected chi connectivity index (χ0v) is 18.0. The molecule has 1 heterocycles. The standard InChI is InChI=1S/C22H26N2O4S/c1-5-14-9-10-16-19(11-14)29-22(23-16)24-21(25)15-12-17(26-6-2)20(28-8-4)18(13-15)27-7-3/h9-13H,5-8H2,1-4H3,(H,23,24,25). The molecule has 0 unspecified atom stereocenters. The molecule has 6 nitrogen and oxygen atoms in total. The summed E-state index contributed by atoms with van der Waals surface area (Å²) < 4.78 is 18.1. The topological polar surface area (TPSA) is 69.7 Å². The zero-order valence-electron chi connectivity index (χ0n) is 17.2. The van der Waals surface area contributed by atoms with Gasteiger partial charge in [0.15, 0.2) is 16.6 Å². The Labute approximate surface area is 174 Å². The number of hydrogen-bond donors (Lipinski definition) is 1. The van der Waals surface area contributed by atoms with Gasteiger partial charge >= 0.3 is 0 Å². The number of amides is 1. The van der Waals surface area contributed by atoms with Crippen molar-refractivity contribution in [3.8, 4) is 17.2 Å². The largest absolute Gasteiger partial charge is 0.490 e. The molecule has 3 rings (SSSR count). The Bertz CT molecular complexity index is 973. The molecule has 0 aliphatic heterocycles. The summed E-state index contributed by atoms with van der Waals surface area (Å²) in [4.78, 5) is 17.4. The van der Waals surface area contributed by atoms with Gasteiger partial charge < -0.3 is 14.2 Å². The fourth-order valence-corrected chi connectivity index (χ4v) is 3.86. The summed E-state index contributed by atoms with van der Waals surface area (Å²) in [5.41, 5.74) is 2.54. The molecule has 7 heteroatoms. The number of carbonyl (C=O) groups is 1. The van der Waals surface area contributed by atoms with Crippen molar-refractivity contribution >= 4 is 32.6 Å². The third kappa shape index (κ3) is 4.79. The van der Waals surface area contributed by atoms with Crippen molar-refractivity contribution in [2.45, 2.75) is 34.1 Å². The predicted molar refractivity (Wildman–Crippen MR) is 117 cm³/mol. The van der Waals surface area contributed by atoms with Crippen LogP contribution in [0.25, 0.3) is 10.2 Å². The molecule has 154 valence electrons. The number of thiazole rings is 1. The van der Waals surface area contributed by atoms with Crippen LogP contribution < -0.4 is 19.5 Å². The maximum Gasteiger partial charge on any atom is 0.257 e. The second-order valence-corrected chi connectivity index (χ2v) is 7.26. The zero-order chi connectivity index (χ0) is 20.8. The summed E-state index contributed by atoms with van der Waals surface area (Å²) in [7, 11) is 0. The minimum atomic E-state index is -0.273. The first-order valence-electron chi connectivity index (χ1n) is 9.86. The molecule has 0 spiro atoms. The van der Waals surface area contributed by atoms with Gasteiger partial charge in [-0.05, 0) is 57.0 Å². The Hall–Kier alpha value is -2.80. The van der Waals surface area contributed by atoms with Gasteiger partial charge in [0.2, 0.25) is 5.75 Å². The number of rotatable bonds is 9. The SMILES string of the molecule is CCOc1cc(C(=O)Nc2nc3ccc(CC)cc3s2)cc(OCC)c1OCC. The molecule has 0 fully saturated rings. The number of nitrogens with one attached hydrogen (secondary N) is 1. The van der Waals surface area contributed by atoms with Gasteiger partial charge in [0.1, 0.15) is 0 Å². The van der Waals surface area contributed by atoms with E-state index in [0.29, 0.717) is 47.8 Å². The second-order valence-electron chi connectivity index (χ2n) is 6.23. The molecule has 3 aromatic rings. The van der Waals surface area contributed by atoms with Gasteiger partial charge in [-0.2, -0.15) is 0 Å². The minimum Gasteiger partial charge on any atom is -0.490 e. The molecular weight excluding hydrogens is 388 g/mol. The molecule has 29 heavy (non-hydrogen) atoms. The molecule has 2 aromatic carbocycles. The van der Waals surface area contributed by atoms with Gasteiger partial charge in [0.05, 0.1) is 30.0 Å². The first kappa shape index (κ1) is 20.9. The fraction of sp³-hybridized carbons (Fsp3) is 0.364. The number of fused-ring (bicyclic) bond motifs is 1. The smallest absolute Gasteiger partial charge is 0.257 e. The highest BCUT2D eigenvalue weighted by Crippen LogP contribution is 2.39. The summed E-state index contributed by atoms with van der Waals surface area (Å²) in [6.07, 6.45) is 0.960. The van der Waals surface area contributed by atoms with Crippen LogP contribution in [-0.4, -0.2) is 30.7 Å². The lowest BCUT2D eigenvalue weighted by Gasteiger charge is -2.16. The van der Waals surface area contributed by atoms with E-state index < -0.39 is 0 Å². The quantitative estimate of drug-likeness (QED) is 0.514. The molecule has 0 saturated carbocycles. The summed E-state index contributed by atoms with van der Waals surface area (Å²) in [5, 5.41) is 3.45. The Kier molecular flexibility index (Phi) is 6.93. The highest BCUT2D eigenvalue weighted by Gasteiger charge is 2.19. The van der Waals surface area contributed by atoms with Crippen LogP contribution in [0.15, 0.2) is 30.3 Å². The molecule has 1 N–H and O–H groups in total. The summed E-state index contributed by atoms with van der Waals surface area (Å²) >= 11 is 1.46. The van der Waals surface area contributed by atoms with Gasteiger partial charge in [-0.3, -0.25) is 10.1 Å². The van der Waals surface area contributed by atoms with Gasteiger partial charge in [-0.15, -0.1) is 0 Å². The van der Waals surface area contributed by atoms with Gasteiger partial charge in [-0.25, -0.2) is 4.98 Å². The van der Waals surface area contributed by atoms with Crippen LogP contribution in [0.3, 0.4) is 0 Å². The Morgan fingerprint density at radius 3 is 2.21 bits per heavy atom. The van der Waals surface area contributed by atoms with Crippen molar-refractivity contribution in [3.05, 3.63) is 41.5 Å². The van der Waals surface area contributed by atoms with Crippen LogP contribution >= 0.6 is 11.3 Å². The van der Waals surface area contributed by atoms with Crippen molar-refractivity contribution in [3.63, 3.8) is 0 Å². The molecule has 0 saturated heterocycles. The minimum absolute atomic E-state index is 0.273. The summed E-state index contributed by atoms with van der Waals surface area (Å²) in [6.45, 7) is 9.15. The lowest BCUT2D eigenvalue weighted by molar-refractivity contribution is 0.102. The van der Waals surface area contributed by atoms with Crippen LogP contribution in [0.1, 0.15) is 43.6 Å². The molecule has 0 atom stereocenters. The second kappa shape index (κ2) is 9.60. The van der Waals surface area contributed by atoms with Gasteiger partial charge in [-0.1, -0.05) is 24.3 Å². The Morgan fingerprint density at radius 1 is 0.966 bits per heavy atom. The Morgan fingerprint density at radius 2 is 1.62 bits per heavy atom. The lowest BCUT2D eigenvalue weighted by atomic mass is 10.1. The van der Waals surface area contributed by atoms with E-state index in [1.165, 1.54) is 16.9 Å². The van der Waals surface area contributed by atoms with Crippen molar-refractivity contribution in [1.29, 1.82) is 0 Å². The van der Waals surface area contributed by atoms with E-state index in [2.05, 4.69) is 29.4 Å². The van der Waals surface area contributed by atoms with Crippen molar-refractivity contribution in [1.82, 2.24) is 4.98 Å². The number of ether oxygens (including phenoxy) is 3. The van der Waals surface area contributed by atoms with E-state index in [0.717, 1.165) is 16.6 Å². The third-order valence-corrected chi connectivity index (χ3v) is 5.19. The van der Waals surface area contributed by atoms with Gasteiger partial charge in [0.25, 0.3) is 5.91 Å². The molecule has 0 radical (unpaired) electrons. The Balaban J connectivity index is 1.91. The molecule has 0 aliphatic carbocycles. The van der Waals surface area contributed by atoms with E-state index in [9.17, 15) is 4.79 Å². The molecule has 0 bridgehead atoms. The van der Waals surface area contributed by atoms with Crippen molar-refractivity contribution in [2.75, 3.05) is 25.1 Å². The first-order chi connectivity index (χ1) is 14.1. The van der Waals surface area contributed by atoms with E-state index in [1.807, 2.05) is 26.8 Å². The molecular formula is C22H26N2O4S. The van der Waals surface area contributed by atoms with Crippen molar-refractivity contribution < 1.29 is 19.0 Å². The lowest BCUT2D eigenvalue weighted by Crippen LogP contribution is -2.13. The molecule has 1 aromatic heterocycles. The average Bonchev–Trinajstić information content (AvgIpc) is 3.11. The maximum absolute atomic E-state index is 12.9. The first-order valence-corrected chi connectivity index (χ1v) is 10.7. The monoisotopic (exact) mass is 414 g/mol. The normalized spacial score (nSPS) is 10.8. The highest BCUT2D eigenvalue weighted by atomic mass is 32.1. The van der Waals surface area contributed by atoms with Crippen LogP contribution in [0, 0.1) is 0 Å². The van der Waals surface area contributed by atoms with Crippen molar-refractivity contribution in [2.24, 2.45) is 0 Å². The molecule has 0 aliphatic rings. The van der Waals surface area contributed by atoms with E-state index in [4.69, 9.17) is 14.2 Å².